The highest BCUT2D eigenvalue weighted by molar-refractivity contribution is 5.60. The first-order chi connectivity index (χ1) is 7.86. The van der Waals surface area contributed by atoms with E-state index in [0.717, 1.165) is 17.7 Å². The summed E-state index contributed by atoms with van der Waals surface area (Å²) in [6.07, 6.45) is 0.734. The van der Waals surface area contributed by atoms with Crippen molar-refractivity contribution in [3.8, 4) is 23.0 Å². The van der Waals surface area contributed by atoms with Crippen LogP contribution in [-0.4, -0.2) is 17.0 Å². The van der Waals surface area contributed by atoms with Gasteiger partial charge in [-0.25, -0.2) is 0 Å². The van der Waals surface area contributed by atoms with E-state index in [-0.39, 0.29) is 6.79 Å². The molecule has 0 unspecified atom stereocenters. The molecular weight excluding hydrogens is 208 g/mol. The summed E-state index contributed by atoms with van der Waals surface area (Å²) in [5, 5.41) is 7.89. The van der Waals surface area contributed by atoms with Crippen LogP contribution in [-0.2, 0) is 6.42 Å². The van der Waals surface area contributed by atoms with Gasteiger partial charge in [0.1, 0.15) is 0 Å². The number of hydrogen-bond donors (Lipinski definition) is 0. The molecule has 2 aromatic rings. The largest absolute Gasteiger partial charge is 0.454 e. The molecule has 5 nitrogen and oxygen atoms in total. The van der Waals surface area contributed by atoms with Crippen LogP contribution in [0.25, 0.3) is 11.5 Å². The van der Waals surface area contributed by atoms with Gasteiger partial charge in [-0.1, -0.05) is 6.92 Å². The second kappa shape index (κ2) is 3.52. The summed E-state index contributed by atoms with van der Waals surface area (Å²) >= 11 is 0. The highest BCUT2D eigenvalue weighted by Crippen LogP contribution is 2.35. The number of aryl methyl sites for hydroxylation is 1. The maximum Gasteiger partial charge on any atom is 0.247 e. The van der Waals surface area contributed by atoms with Gasteiger partial charge in [0.15, 0.2) is 11.5 Å². The zero-order chi connectivity index (χ0) is 11.0. The van der Waals surface area contributed by atoms with Gasteiger partial charge in [-0.2, -0.15) is 0 Å². The van der Waals surface area contributed by atoms with E-state index in [1.165, 1.54) is 0 Å². The summed E-state index contributed by atoms with van der Waals surface area (Å²) in [7, 11) is 0. The molecule has 0 N–H and O–H groups in total. The SMILES string of the molecule is CCc1nnc(-c2ccc3c(c2)OCO3)o1. The van der Waals surface area contributed by atoms with Crippen molar-refractivity contribution in [1.82, 2.24) is 10.2 Å². The average Bonchev–Trinajstić information content (AvgIpc) is 2.96. The number of ether oxygens (including phenoxy) is 2. The minimum atomic E-state index is 0.267. The predicted molar refractivity (Wildman–Crippen MR) is 55.2 cm³/mol. The van der Waals surface area contributed by atoms with Gasteiger partial charge in [-0.3, -0.25) is 0 Å². The Hall–Kier alpha value is -2.04. The molecule has 0 radical (unpaired) electrons. The number of rotatable bonds is 2. The van der Waals surface area contributed by atoms with Crippen LogP contribution in [0.2, 0.25) is 0 Å². The van der Waals surface area contributed by atoms with Crippen molar-refractivity contribution in [2.45, 2.75) is 13.3 Å². The molecule has 0 saturated heterocycles. The lowest BCUT2D eigenvalue weighted by Gasteiger charge is -1.97. The molecule has 3 rings (SSSR count). The zero-order valence-electron chi connectivity index (χ0n) is 8.77. The van der Waals surface area contributed by atoms with E-state index in [2.05, 4.69) is 10.2 Å². The molecule has 1 aromatic carbocycles. The number of benzene rings is 1. The lowest BCUT2D eigenvalue weighted by Crippen LogP contribution is -1.92. The highest BCUT2D eigenvalue weighted by Gasteiger charge is 2.16. The molecular formula is C11H10N2O3. The monoisotopic (exact) mass is 218 g/mol. The van der Waals surface area contributed by atoms with E-state index in [1.807, 2.05) is 25.1 Å². The van der Waals surface area contributed by atoms with E-state index >= 15 is 0 Å². The van der Waals surface area contributed by atoms with E-state index in [0.29, 0.717) is 17.5 Å². The summed E-state index contributed by atoms with van der Waals surface area (Å²) in [5.41, 5.74) is 0.844. The molecule has 1 aromatic heterocycles. The Kier molecular flexibility index (Phi) is 2.02. The van der Waals surface area contributed by atoms with Crippen LogP contribution in [0.5, 0.6) is 11.5 Å². The topological polar surface area (TPSA) is 57.4 Å². The maximum absolute atomic E-state index is 5.46. The van der Waals surface area contributed by atoms with Crippen LogP contribution in [0, 0.1) is 0 Å². The summed E-state index contributed by atoms with van der Waals surface area (Å²) in [4.78, 5) is 0. The van der Waals surface area contributed by atoms with Crippen LogP contribution >= 0.6 is 0 Å². The molecule has 0 saturated carbocycles. The highest BCUT2D eigenvalue weighted by atomic mass is 16.7. The van der Waals surface area contributed by atoms with E-state index in [4.69, 9.17) is 13.9 Å². The Morgan fingerprint density at radius 3 is 2.88 bits per heavy atom. The van der Waals surface area contributed by atoms with Crippen molar-refractivity contribution in [3.63, 3.8) is 0 Å². The Morgan fingerprint density at radius 2 is 2.06 bits per heavy atom. The Morgan fingerprint density at radius 1 is 1.19 bits per heavy atom. The third-order valence-electron chi connectivity index (χ3n) is 2.39. The van der Waals surface area contributed by atoms with Gasteiger partial charge in [0.05, 0.1) is 0 Å². The van der Waals surface area contributed by atoms with Crippen LogP contribution < -0.4 is 9.47 Å². The van der Waals surface area contributed by atoms with E-state index in [1.54, 1.807) is 0 Å². The summed E-state index contributed by atoms with van der Waals surface area (Å²) in [6, 6.07) is 5.56. The van der Waals surface area contributed by atoms with Crippen molar-refractivity contribution in [2.24, 2.45) is 0 Å². The van der Waals surface area contributed by atoms with E-state index < -0.39 is 0 Å². The van der Waals surface area contributed by atoms with Crippen LogP contribution in [0.4, 0.5) is 0 Å². The first kappa shape index (κ1) is 9.21. The molecule has 0 fully saturated rings. The van der Waals surface area contributed by atoms with Crippen LogP contribution in [0.1, 0.15) is 12.8 Å². The summed E-state index contributed by atoms with van der Waals surface area (Å²) in [5.74, 6) is 2.61. The van der Waals surface area contributed by atoms with Gasteiger partial charge in [-0.15, -0.1) is 10.2 Å². The normalized spacial score (nSPS) is 13.1. The van der Waals surface area contributed by atoms with Gasteiger partial charge in [0, 0.05) is 12.0 Å². The Bertz CT molecular complexity index is 522. The van der Waals surface area contributed by atoms with E-state index in [9.17, 15) is 0 Å². The van der Waals surface area contributed by atoms with Crippen LogP contribution in [0.3, 0.4) is 0 Å². The van der Waals surface area contributed by atoms with Gasteiger partial charge < -0.3 is 13.9 Å². The fraction of sp³-hybridized carbons (Fsp3) is 0.273. The molecule has 0 spiro atoms. The molecule has 0 atom stereocenters. The first-order valence-corrected chi connectivity index (χ1v) is 5.09. The van der Waals surface area contributed by atoms with Gasteiger partial charge in [-0.05, 0) is 18.2 Å². The summed E-state index contributed by atoms with van der Waals surface area (Å²) in [6.45, 7) is 2.24. The lowest BCUT2D eigenvalue weighted by molar-refractivity contribution is 0.174. The fourth-order valence-electron chi connectivity index (χ4n) is 1.54. The minimum Gasteiger partial charge on any atom is -0.454 e. The van der Waals surface area contributed by atoms with Crippen molar-refractivity contribution >= 4 is 0 Å². The molecule has 82 valence electrons. The molecule has 0 bridgehead atoms. The Labute approximate surface area is 92.0 Å². The standard InChI is InChI=1S/C11H10N2O3/c1-2-10-12-13-11(16-10)7-3-4-8-9(5-7)15-6-14-8/h3-5H,2,6H2,1H3. The number of fused-ring (bicyclic) bond motifs is 1. The third kappa shape index (κ3) is 1.41. The van der Waals surface area contributed by atoms with Crippen molar-refractivity contribution < 1.29 is 13.9 Å². The number of aromatic nitrogens is 2. The maximum atomic E-state index is 5.46. The smallest absolute Gasteiger partial charge is 0.247 e. The number of nitrogens with zero attached hydrogens (tertiary/aromatic N) is 2. The van der Waals surface area contributed by atoms with Gasteiger partial charge in [0.2, 0.25) is 18.6 Å². The Balaban J connectivity index is 2.00. The summed E-state index contributed by atoms with van der Waals surface area (Å²) < 4.78 is 16.0. The van der Waals surface area contributed by atoms with Crippen LogP contribution in [0.15, 0.2) is 22.6 Å². The lowest BCUT2D eigenvalue weighted by atomic mass is 10.2. The van der Waals surface area contributed by atoms with Crippen molar-refractivity contribution in [3.05, 3.63) is 24.1 Å². The number of hydrogen-bond acceptors (Lipinski definition) is 5. The van der Waals surface area contributed by atoms with Crippen molar-refractivity contribution in [2.75, 3.05) is 6.79 Å². The molecule has 1 aliphatic heterocycles. The molecule has 1 aliphatic rings. The molecule has 0 amide bonds. The second-order valence-electron chi connectivity index (χ2n) is 3.42. The molecule has 0 aliphatic carbocycles. The second-order valence-corrected chi connectivity index (χ2v) is 3.42. The van der Waals surface area contributed by atoms with Gasteiger partial charge >= 0.3 is 0 Å². The predicted octanol–water partition coefficient (Wildman–Crippen LogP) is 2.03. The average molecular weight is 218 g/mol. The molecule has 5 heteroatoms. The molecule has 16 heavy (non-hydrogen) atoms. The van der Waals surface area contributed by atoms with Crippen molar-refractivity contribution in [1.29, 1.82) is 0 Å². The first-order valence-electron chi connectivity index (χ1n) is 5.09. The van der Waals surface area contributed by atoms with Gasteiger partial charge in [0.25, 0.3) is 0 Å². The molecule has 2 heterocycles. The fourth-order valence-corrected chi connectivity index (χ4v) is 1.54. The quantitative estimate of drug-likeness (QED) is 0.771. The third-order valence-corrected chi connectivity index (χ3v) is 2.39. The minimum absolute atomic E-state index is 0.267. The zero-order valence-corrected chi connectivity index (χ0v) is 8.77.